The molecule has 4 rings (SSSR count). The number of fused-ring (bicyclic) bond motifs is 1. The summed E-state index contributed by atoms with van der Waals surface area (Å²) in [5.41, 5.74) is -0.00559. The van der Waals surface area contributed by atoms with Gasteiger partial charge in [-0.3, -0.25) is 13.9 Å². The first kappa shape index (κ1) is 24.0. The van der Waals surface area contributed by atoms with Crippen LogP contribution in [0, 0.1) is 0 Å². The van der Waals surface area contributed by atoms with Gasteiger partial charge in [0.2, 0.25) is 5.88 Å². The summed E-state index contributed by atoms with van der Waals surface area (Å²) in [7, 11) is 1.57. The molecule has 0 aliphatic carbocycles. The molecule has 4 aromatic rings. The minimum atomic E-state index is -1.27. The van der Waals surface area contributed by atoms with Crippen molar-refractivity contribution < 1.29 is 9.84 Å². The number of unbranched alkanes of at least 4 members (excludes halogenated alkanes) is 1. The molecule has 2 aromatic heterocycles. The molecular formula is C25H23Cl2N3O4. The number of hydrogen-bond donors (Lipinski definition) is 1. The van der Waals surface area contributed by atoms with Crippen molar-refractivity contribution in [3.05, 3.63) is 96.7 Å². The molecule has 7 nitrogen and oxygen atoms in total. The average Bonchev–Trinajstić information content (AvgIpc) is 2.82. The third-order valence-corrected chi connectivity index (χ3v) is 6.09. The number of rotatable bonds is 7. The van der Waals surface area contributed by atoms with Crippen LogP contribution in [0.15, 0.2) is 64.3 Å². The molecule has 0 aliphatic rings. The first-order chi connectivity index (χ1) is 16.3. The van der Waals surface area contributed by atoms with E-state index >= 15 is 0 Å². The number of aliphatic hydroxyl groups is 1. The van der Waals surface area contributed by atoms with Crippen LogP contribution in [-0.4, -0.2) is 19.2 Å². The predicted molar refractivity (Wildman–Crippen MR) is 133 cm³/mol. The Hall–Kier alpha value is -3.13. The molecule has 2 heterocycles. The fraction of sp³-hybridized carbons (Fsp3) is 0.240. The zero-order chi connectivity index (χ0) is 24.4. The fourth-order valence-electron chi connectivity index (χ4n) is 3.79. The van der Waals surface area contributed by atoms with Gasteiger partial charge in [-0.15, -0.1) is 0 Å². The summed E-state index contributed by atoms with van der Waals surface area (Å²) in [6.07, 6.45) is 1.60. The van der Waals surface area contributed by atoms with Gasteiger partial charge >= 0.3 is 5.69 Å². The number of halogens is 2. The van der Waals surface area contributed by atoms with Crippen molar-refractivity contribution in [1.82, 2.24) is 14.1 Å². The van der Waals surface area contributed by atoms with Crippen molar-refractivity contribution in [2.75, 3.05) is 0 Å². The quantitative estimate of drug-likeness (QED) is 0.383. The van der Waals surface area contributed by atoms with Crippen molar-refractivity contribution in [1.29, 1.82) is 0 Å². The Kier molecular flexibility index (Phi) is 7.07. The van der Waals surface area contributed by atoms with Gasteiger partial charge in [0.15, 0.2) is 0 Å². The molecule has 34 heavy (non-hydrogen) atoms. The van der Waals surface area contributed by atoms with Crippen LogP contribution < -0.4 is 16.0 Å². The molecule has 1 atom stereocenters. The number of aromatic nitrogens is 3. The molecule has 0 bridgehead atoms. The SMILES string of the molecule is CCCCn1c(=O)c2c(C(O)c3ccc(Cl)cc3)c(Oc3cccc(Cl)c3)ncc2n(C)c1=O. The Morgan fingerprint density at radius 3 is 2.50 bits per heavy atom. The zero-order valence-electron chi connectivity index (χ0n) is 18.7. The summed E-state index contributed by atoms with van der Waals surface area (Å²) in [4.78, 5) is 30.8. The number of pyridine rings is 1. The number of aryl methyl sites for hydroxylation is 1. The number of aliphatic hydroxyl groups excluding tert-OH is 1. The lowest BCUT2D eigenvalue weighted by molar-refractivity contribution is 0.216. The minimum Gasteiger partial charge on any atom is -0.439 e. The topological polar surface area (TPSA) is 86.3 Å². The molecule has 0 amide bonds. The molecule has 1 unspecified atom stereocenters. The summed E-state index contributed by atoms with van der Waals surface area (Å²) in [6.45, 7) is 2.24. The highest BCUT2D eigenvalue weighted by Crippen LogP contribution is 2.36. The Balaban J connectivity index is 2.02. The van der Waals surface area contributed by atoms with Crippen LogP contribution in [-0.2, 0) is 13.6 Å². The highest BCUT2D eigenvalue weighted by atomic mass is 35.5. The third kappa shape index (κ3) is 4.59. The second-order valence-corrected chi connectivity index (χ2v) is 8.78. The van der Waals surface area contributed by atoms with E-state index in [9.17, 15) is 14.7 Å². The van der Waals surface area contributed by atoms with E-state index in [1.165, 1.54) is 15.3 Å². The van der Waals surface area contributed by atoms with Crippen LogP contribution in [0.4, 0.5) is 0 Å². The van der Waals surface area contributed by atoms with Crippen molar-refractivity contribution in [2.24, 2.45) is 7.05 Å². The van der Waals surface area contributed by atoms with Crippen molar-refractivity contribution in [3.63, 3.8) is 0 Å². The second-order valence-electron chi connectivity index (χ2n) is 7.90. The number of hydrogen-bond acceptors (Lipinski definition) is 5. The summed E-state index contributed by atoms with van der Waals surface area (Å²) in [5, 5.41) is 12.5. The predicted octanol–water partition coefficient (Wildman–Crippen LogP) is 5.08. The minimum absolute atomic E-state index is 0.0370. The van der Waals surface area contributed by atoms with Gasteiger partial charge in [0.25, 0.3) is 5.56 Å². The van der Waals surface area contributed by atoms with E-state index in [1.807, 2.05) is 6.92 Å². The normalized spacial score (nSPS) is 12.1. The van der Waals surface area contributed by atoms with Gasteiger partial charge in [0.05, 0.1) is 22.7 Å². The summed E-state index contributed by atoms with van der Waals surface area (Å²) >= 11 is 12.1. The summed E-state index contributed by atoms with van der Waals surface area (Å²) in [6, 6.07) is 13.3. The van der Waals surface area contributed by atoms with E-state index < -0.39 is 17.4 Å². The van der Waals surface area contributed by atoms with Gasteiger partial charge in [-0.2, -0.15) is 0 Å². The molecule has 9 heteroatoms. The van der Waals surface area contributed by atoms with Gasteiger partial charge in [0, 0.05) is 23.6 Å². The van der Waals surface area contributed by atoms with Crippen molar-refractivity contribution in [3.8, 4) is 11.6 Å². The van der Waals surface area contributed by atoms with E-state index in [1.54, 1.807) is 55.6 Å². The smallest absolute Gasteiger partial charge is 0.331 e. The van der Waals surface area contributed by atoms with E-state index in [4.69, 9.17) is 27.9 Å². The number of nitrogens with zero attached hydrogens (tertiary/aromatic N) is 3. The Bertz CT molecular complexity index is 1460. The van der Waals surface area contributed by atoms with E-state index in [0.717, 1.165) is 6.42 Å². The number of benzene rings is 2. The molecule has 1 N–H and O–H groups in total. The van der Waals surface area contributed by atoms with Gasteiger partial charge in [0.1, 0.15) is 11.9 Å². The molecule has 0 fully saturated rings. The molecular weight excluding hydrogens is 477 g/mol. The van der Waals surface area contributed by atoms with Crippen LogP contribution in [0.25, 0.3) is 10.9 Å². The average molecular weight is 500 g/mol. The van der Waals surface area contributed by atoms with Gasteiger partial charge in [-0.05, 0) is 42.3 Å². The van der Waals surface area contributed by atoms with Crippen molar-refractivity contribution in [2.45, 2.75) is 32.4 Å². The van der Waals surface area contributed by atoms with Crippen LogP contribution in [0.2, 0.25) is 10.0 Å². The van der Waals surface area contributed by atoms with Gasteiger partial charge < -0.3 is 9.84 Å². The third-order valence-electron chi connectivity index (χ3n) is 5.60. The Morgan fingerprint density at radius 1 is 1.09 bits per heavy atom. The van der Waals surface area contributed by atoms with Crippen LogP contribution in [0.3, 0.4) is 0 Å². The molecule has 0 aliphatic heterocycles. The number of ether oxygens (including phenoxy) is 1. The first-order valence-corrected chi connectivity index (χ1v) is 11.6. The standard InChI is InChI=1S/C25H23Cl2N3O4/c1-3-4-12-30-24(32)20-19(29(2)25(30)33)14-28-23(34-18-7-5-6-17(27)13-18)21(20)22(31)15-8-10-16(26)11-9-15/h5-11,13-14,22,31H,3-4,12H2,1-2H3. The highest BCUT2D eigenvalue weighted by Gasteiger charge is 2.26. The van der Waals surface area contributed by atoms with Crippen LogP contribution in [0.1, 0.15) is 37.0 Å². The summed E-state index contributed by atoms with van der Waals surface area (Å²) in [5.74, 6) is 0.426. The zero-order valence-corrected chi connectivity index (χ0v) is 20.2. The lowest BCUT2D eigenvalue weighted by Crippen LogP contribution is -2.39. The Morgan fingerprint density at radius 2 is 1.82 bits per heavy atom. The van der Waals surface area contributed by atoms with E-state index in [2.05, 4.69) is 4.98 Å². The maximum Gasteiger partial charge on any atom is 0.331 e. The monoisotopic (exact) mass is 499 g/mol. The maximum atomic E-state index is 13.6. The van der Waals surface area contributed by atoms with Crippen LogP contribution >= 0.6 is 23.2 Å². The fourth-order valence-corrected chi connectivity index (χ4v) is 4.09. The van der Waals surface area contributed by atoms with Crippen molar-refractivity contribution >= 4 is 34.1 Å². The Labute approximate surface area is 205 Å². The molecule has 176 valence electrons. The highest BCUT2D eigenvalue weighted by molar-refractivity contribution is 6.30. The summed E-state index contributed by atoms with van der Waals surface area (Å²) < 4.78 is 8.54. The van der Waals surface area contributed by atoms with E-state index in [0.29, 0.717) is 33.3 Å². The molecule has 0 radical (unpaired) electrons. The van der Waals surface area contributed by atoms with Gasteiger partial charge in [-0.1, -0.05) is 54.7 Å². The lowest BCUT2D eigenvalue weighted by Gasteiger charge is -2.19. The lowest BCUT2D eigenvalue weighted by atomic mass is 9.99. The largest absolute Gasteiger partial charge is 0.439 e. The van der Waals surface area contributed by atoms with E-state index in [-0.39, 0.29) is 23.4 Å². The molecule has 0 saturated heterocycles. The molecule has 0 spiro atoms. The molecule has 0 saturated carbocycles. The second kappa shape index (κ2) is 10.0. The molecule has 2 aromatic carbocycles. The maximum absolute atomic E-state index is 13.6. The first-order valence-electron chi connectivity index (χ1n) is 10.8. The van der Waals surface area contributed by atoms with Crippen LogP contribution in [0.5, 0.6) is 11.6 Å². The van der Waals surface area contributed by atoms with Gasteiger partial charge in [-0.25, -0.2) is 9.78 Å².